The van der Waals surface area contributed by atoms with E-state index in [9.17, 15) is 9.59 Å². The van der Waals surface area contributed by atoms with E-state index in [0.717, 1.165) is 35.8 Å². The Morgan fingerprint density at radius 3 is 2.35 bits per heavy atom. The lowest BCUT2D eigenvalue weighted by molar-refractivity contribution is -0.128. The number of para-hydroxylation sites is 1. The Hall–Kier alpha value is -1.40. The summed E-state index contributed by atoms with van der Waals surface area (Å²) in [5.74, 6) is 0.103. The van der Waals surface area contributed by atoms with Crippen molar-refractivity contribution in [3.63, 3.8) is 0 Å². The van der Waals surface area contributed by atoms with E-state index in [1.54, 1.807) is 7.11 Å². The number of carbonyl (C=O) groups is 2. The van der Waals surface area contributed by atoms with Crippen LogP contribution in [0.2, 0.25) is 0 Å². The van der Waals surface area contributed by atoms with E-state index in [2.05, 4.69) is 26.6 Å². The number of halogens is 1. The molecule has 1 aliphatic carbocycles. The zero-order chi connectivity index (χ0) is 16.7. The number of rotatable bonds is 6. The molecule has 6 heteroatoms. The fourth-order valence-electron chi connectivity index (χ4n) is 2.84. The minimum atomic E-state index is -0.0230. The smallest absolute Gasteiger partial charge is 0.227 e. The molecule has 2 N–H and O–H groups in total. The normalized spacial score (nSPS) is 20.8. The first-order chi connectivity index (χ1) is 11.1. The number of nitrogens with one attached hydrogen (secondary N) is 2. The summed E-state index contributed by atoms with van der Waals surface area (Å²) in [7, 11) is 1.61. The Balaban J connectivity index is 1.78. The van der Waals surface area contributed by atoms with E-state index in [1.165, 1.54) is 0 Å². The summed E-state index contributed by atoms with van der Waals surface area (Å²) in [6, 6.07) is 7.57. The second-order valence-corrected chi connectivity index (χ2v) is 6.66. The molecule has 0 heterocycles. The summed E-state index contributed by atoms with van der Waals surface area (Å²) < 4.78 is 5.80. The molecule has 1 fully saturated rings. The van der Waals surface area contributed by atoms with Crippen LogP contribution in [-0.4, -0.2) is 32.1 Å². The quantitative estimate of drug-likeness (QED) is 0.743. The highest BCUT2D eigenvalue weighted by molar-refractivity contribution is 9.10. The van der Waals surface area contributed by atoms with Crippen LogP contribution in [0, 0.1) is 11.8 Å². The zero-order valence-electron chi connectivity index (χ0n) is 13.3. The molecule has 2 rings (SSSR count). The van der Waals surface area contributed by atoms with Gasteiger partial charge in [0.05, 0.1) is 12.3 Å². The topological polar surface area (TPSA) is 67.4 Å². The van der Waals surface area contributed by atoms with Crippen LogP contribution in [0.25, 0.3) is 0 Å². The van der Waals surface area contributed by atoms with Crippen molar-refractivity contribution in [2.75, 3.05) is 25.6 Å². The fraction of sp³-hybridized carbons (Fsp3) is 0.529. The van der Waals surface area contributed by atoms with Gasteiger partial charge in [0.25, 0.3) is 0 Å². The largest absolute Gasteiger partial charge is 0.383 e. The molecule has 23 heavy (non-hydrogen) atoms. The number of anilines is 1. The first-order valence-electron chi connectivity index (χ1n) is 7.94. The molecule has 126 valence electrons. The van der Waals surface area contributed by atoms with Crippen molar-refractivity contribution in [3.05, 3.63) is 28.7 Å². The van der Waals surface area contributed by atoms with Crippen molar-refractivity contribution >= 4 is 33.4 Å². The Labute approximate surface area is 145 Å². The second-order valence-electron chi connectivity index (χ2n) is 5.80. The number of hydrogen-bond acceptors (Lipinski definition) is 3. The van der Waals surface area contributed by atoms with Crippen molar-refractivity contribution in [2.45, 2.75) is 25.7 Å². The summed E-state index contributed by atoms with van der Waals surface area (Å²) in [5.41, 5.74) is 0.789. The molecule has 0 aliphatic heterocycles. The molecule has 0 unspecified atom stereocenters. The number of amides is 2. The second kappa shape index (κ2) is 9.03. The van der Waals surface area contributed by atoms with E-state index in [1.807, 2.05) is 24.3 Å². The summed E-state index contributed by atoms with van der Waals surface area (Å²) in [6.45, 7) is 1.06. The molecule has 0 spiro atoms. The van der Waals surface area contributed by atoms with Crippen molar-refractivity contribution in [1.82, 2.24) is 5.32 Å². The van der Waals surface area contributed by atoms with Gasteiger partial charge in [-0.3, -0.25) is 9.59 Å². The highest BCUT2D eigenvalue weighted by Crippen LogP contribution is 2.30. The maximum absolute atomic E-state index is 12.4. The van der Waals surface area contributed by atoms with Gasteiger partial charge in [0, 0.05) is 30.0 Å². The van der Waals surface area contributed by atoms with Gasteiger partial charge in [-0.2, -0.15) is 0 Å². The number of hydrogen-bond donors (Lipinski definition) is 2. The van der Waals surface area contributed by atoms with Crippen LogP contribution in [-0.2, 0) is 14.3 Å². The van der Waals surface area contributed by atoms with E-state index < -0.39 is 0 Å². The van der Waals surface area contributed by atoms with Crippen molar-refractivity contribution < 1.29 is 14.3 Å². The van der Waals surface area contributed by atoms with Gasteiger partial charge >= 0.3 is 0 Å². The highest BCUT2D eigenvalue weighted by atomic mass is 79.9. The van der Waals surface area contributed by atoms with Crippen LogP contribution in [0.15, 0.2) is 28.7 Å². The molecule has 0 atom stereocenters. The third-order valence-corrected chi connectivity index (χ3v) is 4.90. The average molecular weight is 383 g/mol. The van der Waals surface area contributed by atoms with Gasteiger partial charge in [-0.05, 0) is 53.7 Å². The molecule has 1 aliphatic rings. The lowest BCUT2D eigenvalue weighted by atomic mass is 9.81. The average Bonchev–Trinajstić information content (AvgIpc) is 2.57. The molecule has 1 aromatic rings. The highest BCUT2D eigenvalue weighted by Gasteiger charge is 2.29. The molecule has 5 nitrogen and oxygen atoms in total. The van der Waals surface area contributed by atoms with Gasteiger partial charge in [0.1, 0.15) is 0 Å². The number of ether oxygens (including phenoxy) is 1. The molecule has 0 aromatic heterocycles. The maximum atomic E-state index is 12.4. The maximum Gasteiger partial charge on any atom is 0.227 e. The van der Waals surface area contributed by atoms with Gasteiger partial charge in [-0.25, -0.2) is 0 Å². The minimum absolute atomic E-state index is 0.0133. The van der Waals surface area contributed by atoms with E-state index in [-0.39, 0.29) is 23.7 Å². The van der Waals surface area contributed by atoms with Crippen molar-refractivity contribution in [3.8, 4) is 0 Å². The number of carbonyl (C=O) groups excluding carboxylic acids is 2. The summed E-state index contributed by atoms with van der Waals surface area (Å²) in [4.78, 5) is 24.4. The lowest BCUT2D eigenvalue weighted by Gasteiger charge is -2.27. The molecule has 1 saturated carbocycles. The minimum Gasteiger partial charge on any atom is -0.383 e. The van der Waals surface area contributed by atoms with Crippen LogP contribution >= 0.6 is 15.9 Å². The lowest BCUT2D eigenvalue weighted by Crippen LogP contribution is -2.36. The Kier molecular flexibility index (Phi) is 7.05. The number of methoxy groups -OCH3 is 1. The number of benzene rings is 1. The van der Waals surface area contributed by atoms with Gasteiger partial charge < -0.3 is 15.4 Å². The summed E-state index contributed by atoms with van der Waals surface area (Å²) >= 11 is 3.43. The zero-order valence-corrected chi connectivity index (χ0v) is 14.9. The van der Waals surface area contributed by atoms with Gasteiger partial charge in [0.15, 0.2) is 0 Å². The Bertz CT molecular complexity index is 542. The van der Waals surface area contributed by atoms with Crippen LogP contribution in [0.4, 0.5) is 5.69 Å². The van der Waals surface area contributed by atoms with Crippen LogP contribution in [0.1, 0.15) is 25.7 Å². The van der Waals surface area contributed by atoms with Gasteiger partial charge in [-0.15, -0.1) is 0 Å². The third kappa shape index (κ3) is 5.32. The molecule has 1 aromatic carbocycles. The molecule has 2 amide bonds. The molecule has 0 bridgehead atoms. The summed E-state index contributed by atoms with van der Waals surface area (Å²) in [5, 5.41) is 5.84. The molecular formula is C17H23BrN2O3. The predicted molar refractivity (Wildman–Crippen MR) is 93.1 cm³/mol. The van der Waals surface area contributed by atoms with E-state index in [4.69, 9.17) is 4.74 Å². The molecular weight excluding hydrogens is 360 g/mol. The van der Waals surface area contributed by atoms with Crippen LogP contribution < -0.4 is 10.6 Å². The fourth-order valence-corrected chi connectivity index (χ4v) is 3.22. The van der Waals surface area contributed by atoms with Crippen molar-refractivity contribution in [1.29, 1.82) is 0 Å². The summed E-state index contributed by atoms with van der Waals surface area (Å²) in [6.07, 6.45) is 3.01. The SMILES string of the molecule is COCCNC(=O)C1CCC(C(=O)Nc2ccccc2Br)CC1. The van der Waals surface area contributed by atoms with Gasteiger partial charge in [-0.1, -0.05) is 12.1 Å². The van der Waals surface area contributed by atoms with E-state index in [0.29, 0.717) is 13.2 Å². The first kappa shape index (κ1) is 17.9. The van der Waals surface area contributed by atoms with E-state index >= 15 is 0 Å². The standard InChI is InChI=1S/C17H23BrN2O3/c1-23-11-10-19-16(21)12-6-8-13(9-7-12)17(22)20-15-5-3-2-4-14(15)18/h2-5,12-13H,6-11H2,1H3,(H,19,21)(H,20,22). The van der Waals surface area contributed by atoms with Gasteiger partial charge in [0.2, 0.25) is 11.8 Å². The monoisotopic (exact) mass is 382 g/mol. The molecule has 0 saturated heterocycles. The van der Waals surface area contributed by atoms with Crippen LogP contribution in [0.3, 0.4) is 0 Å². The first-order valence-corrected chi connectivity index (χ1v) is 8.73. The third-order valence-electron chi connectivity index (χ3n) is 4.21. The molecule has 0 radical (unpaired) electrons. The Morgan fingerprint density at radius 1 is 1.13 bits per heavy atom. The van der Waals surface area contributed by atoms with Crippen LogP contribution in [0.5, 0.6) is 0 Å². The predicted octanol–water partition coefficient (Wildman–Crippen LogP) is 2.96. The Morgan fingerprint density at radius 2 is 1.74 bits per heavy atom. The van der Waals surface area contributed by atoms with Crippen molar-refractivity contribution in [2.24, 2.45) is 11.8 Å².